The predicted molar refractivity (Wildman–Crippen MR) is 88.6 cm³/mol. The number of hydrogen-bond donors (Lipinski definition) is 0. The molecule has 27 heavy (non-hydrogen) atoms. The number of rotatable bonds is 2. The van der Waals surface area contributed by atoms with Gasteiger partial charge in [0.05, 0.1) is 5.97 Å². The quantitative estimate of drug-likeness (QED) is 0.497. The van der Waals surface area contributed by atoms with Gasteiger partial charge in [-0.15, -0.1) is 5.75 Å². The molecule has 0 atom stereocenters. The number of carbonyl (C=O) groups is 2. The Bertz CT molecular complexity index is 1030. The second kappa shape index (κ2) is 8.74. The summed E-state index contributed by atoms with van der Waals surface area (Å²) in [5, 5.41) is 23.3. The molecule has 0 heterocycles. The van der Waals surface area contributed by atoms with Gasteiger partial charge in [-0.25, -0.2) is 0 Å². The molecule has 0 spiro atoms. The van der Waals surface area contributed by atoms with E-state index in [1.165, 1.54) is 30.4 Å². The van der Waals surface area contributed by atoms with Crippen molar-refractivity contribution in [3.05, 3.63) is 94.1 Å². The third-order valence-electron chi connectivity index (χ3n) is 4.49. The van der Waals surface area contributed by atoms with Crippen molar-refractivity contribution in [2.75, 3.05) is 0 Å². The Hall–Kier alpha value is -1.40. The molecule has 0 aromatic heterocycles. The maximum atomic E-state index is 11.8. The predicted octanol–water partition coefficient (Wildman–Crippen LogP) is -4.44. The van der Waals surface area contributed by atoms with E-state index in [0.29, 0.717) is 17.6 Å². The van der Waals surface area contributed by atoms with Crippen molar-refractivity contribution < 1.29 is 78.9 Å². The summed E-state index contributed by atoms with van der Waals surface area (Å²) in [6.07, 6.45) is 5.19. The zero-order valence-electron chi connectivity index (χ0n) is 15.1. The van der Waals surface area contributed by atoms with E-state index in [0.717, 1.165) is 22.3 Å². The Kier molecular flexibility index (Phi) is 7.09. The van der Waals surface area contributed by atoms with E-state index in [9.17, 15) is 19.8 Å². The van der Waals surface area contributed by atoms with Gasteiger partial charge in [-0.3, -0.25) is 4.79 Å². The summed E-state index contributed by atoms with van der Waals surface area (Å²) in [7, 11) is 0. The van der Waals surface area contributed by atoms with E-state index >= 15 is 0 Å². The molecule has 122 valence electrons. The maximum Gasteiger partial charge on any atom is 1.00 e. The number of carbonyl (C=O) groups excluding carboxylic acids is 2. The van der Waals surface area contributed by atoms with Gasteiger partial charge in [-0.2, -0.15) is 0 Å². The summed E-state index contributed by atoms with van der Waals surface area (Å²) in [5.41, 5.74) is 4.48. The van der Waals surface area contributed by atoms with Crippen molar-refractivity contribution in [2.45, 2.75) is 6.42 Å². The van der Waals surface area contributed by atoms with Gasteiger partial charge in [0.1, 0.15) is 0 Å². The van der Waals surface area contributed by atoms with Crippen LogP contribution in [-0.4, -0.2) is 11.8 Å². The smallest absolute Gasteiger partial charge is 0.872 e. The molecule has 0 amide bonds. The van der Waals surface area contributed by atoms with Crippen LogP contribution in [0.5, 0.6) is 5.75 Å². The van der Waals surface area contributed by atoms with Crippen LogP contribution in [0.1, 0.15) is 27.0 Å². The Morgan fingerprint density at radius 3 is 2.44 bits per heavy atom. The van der Waals surface area contributed by atoms with Crippen LogP contribution >= 0.6 is 0 Å². The van der Waals surface area contributed by atoms with Crippen LogP contribution in [0, 0.1) is 0 Å². The summed E-state index contributed by atoms with van der Waals surface area (Å²) >= 11 is 0. The molecule has 2 aromatic carbocycles. The van der Waals surface area contributed by atoms with E-state index in [-0.39, 0.29) is 76.2 Å². The van der Waals surface area contributed by atoms with Crippen LogP contribution < -0.4 is 69.3 Å². The molecule has 0 radical (unpaired) electrons. The minimum atomic E-state index is -1.27. The number of carboxylic acid groups (broad SMARTS) is 1. The largest absolute Gasteiger partial charge is 1.00 e. The molecular weight excluding hydrogens is 362 g/mol. The first-order valence-electron chi connectivity index (χ1n) is 7.83. The van der Waals surface area contributed by atoms with Gasteiger partial charge >= 0.3 is 59.1 Å². The van der Waals surface area contributed by atoms with Crippen LogP contribution in [0.3, 0.4) is 0 Å². The first-order chi connectivity index (χ1) is 12.0. The molecule has 4 nitrogen and oxygen atoms in total. The molecule has 0 saturated heterocycles. The summed E-state index contributed by atoms with van der Waals surface area (Å²) in [6, 6.07) is 11.3. The number of fused-ring (bicyclic) bond motifs is 2. The normalized spacial score (nSPS) is 14.4. The number of hydrogen-bond acceptors (Lipinski definition) is 4. The van der Waals surface area contributed by atoms with Crippen molar-refractivity contribution in [3.63, 3.8) is 0 Å². The van der Waals surface area contributed by atoms with Gasteiger partial charge in [0.15, 0.2) is 5.78 Å². The first kappa shape index (κ1) is 21.9. The van der Waals surface area contributed by atoms with Crippen molar-refractivity contribution in [1.29, 1.82) is 0 Å². The van der Waals surface area contributed by atoms with Gasteiger partial charge in [0, 0.05) is 5.56 Å². The molecule has 0 saturated carbocycles. The Balaban J connectivity index is 0.00000131. The fourth-order valence-electron chi connectivity index (χ4n) is 3.44. The van der Waals surface area contributed by atoms with Crippen molar-refractivity contribution in [1.82, 2.24) is 0 Å². The number of allylic oxidation sites excluding steroid dienone is 5. The van der Waals surface area contributed by atoms with Crippen LogP contribution in [0.15, 0.2) is 71.8 Å². The third kappa shape index (κ3) is 4.06. The SMILES string of the molecule is O=C1C=CC2=C(c3ccccc3C(=O)[O-])c3ccc([O-])cc3CC2=C1.[Na+].[Na+]. The molecule has 2 aromatic rings. The first-order valence-corrected chi connectivity index (χ1v) is 7.83. The summed E-state index contributed by atoms with van der Waals surface area (Å²) in [4.78, 5) is 23.3. The zero-order valence-corrected chi connectivity index (χ0v) is 19.1. The van der Waals surface area contributed by atoms with Gasteiger partial charge < -0.3 is 15.0 Å². The number of ketones is 1. The van der Waals surface area contributed by atoms with Crippen LogP contribution in [-0.2, 0) is 11.2 Å². The van der Waals surface area contributed by atoms with Gasteiger partial charge in [0.2, 0.25) is 0 Å². The monoisotopic (exact) mass is 374 g/mol. The van der Waals surface area contributed by atoms with Gasteiger partial charge in [-0.05, 0) is 52.0 Å². The standard InChI is InChI=1S/C21H14O4.2Na/c22-14-5-7-16-12(10-14)9-13-11-15(23)6-8-17(13)20(16)18-3-1-2-4-19(18)21(24)25;;/h1-8,10-11,22H,9H2,(H,24,25);;/q;2*+1/p-2. The van der Waals surface area contributed by atoms with E-state index in [1.54, 1.807) is 30.3 Å². The van der Waals surface area contributed by atoms with Crippen molar-refractivity contribution >= 4 is 17.3 Å². The van der Waals surface area contributed by atoms with E-state index < -0.39 is 5.97 Å². The molecule has 6 heteroatoms. The zero-order chi connectivity index (χ0) is 17.6. The van der Waals surface area contributed by atoms with Crippen molar-refractivity contribution in [3.8, 4) is 5.75 Å². The molecule has 2 aliphatic rings. The van der Waals surface area contributed by atoms with Gasteiger partial charge in [-0.1, -0.05) is 48.5 Å². The second-order valence-corrected chi connectivity index (χ2v) is 6.02. The molecular formula is C21H12Na2O4. The second-order valence-electron chi connectivity index (χ2n) is 6.02. The van der Waals surface area contributed by atoms with Crippen LogP contribution in [0.25, 0.3) is 5.57 Å². The van der Waals surface area contributed by atoms with E-state index in [4.69, 9.17) is 0 Å². The number of aromatic carboxylic acids is 1. The summed E-state index contributed by atoms with van der Waals surface area (Å²) < 4.78 is 0. The van der Waals surface area contributed by atoms with Crippen molar-refractivity contribution in [2.24, 2.45) is 0 Å². The molecule has 0 fully saturated rings. The molecule has 0 unspecified atom stereocenters. The Labute approximate surface area is 200 Å². The Morgan fingerprint density at radius 2 is 1.70 bits per heavy atom. The molecule has 4 rings (SSSR count). The average molecular weight is 374 g/mol. The molecule has 0 aliphatic heterocycles. The third-order valence-corrected chi connectivity index (χ3v) is 4.49. The molecule has 2 aliphatic carbocycles. The Morgan fingerprint density at radius 1 is 0.963 bits per heavy atom. The van der Waals surface area contributed by atoms with Crippen LogP contribution in [0.2, 0.25) is 0 Å². The maximum absolute atomic E-state index is 11.8. The molecule has 0 bridgehead atoms. The minimum Gasteiger partial charge on any atom is -0.872 e. The number of benzene rings is 2. The summed E-state index contributed by atoms with van der Waals surface area (Å²) in [6.45, 7) is 0. The fourth-order valence-corrected chi connectivity index (χ4v) is 3.44. The van der Waals surface area contributed by atoms with Crippen LogP contribution in [0.4, 0.5) is 0 Å². The molecule has 0 N–H and O–H groups in total. The minimum absolute atomic E-state index is 0. The topological polar surface area (TPSA) is 80.3 Å². The summed E-state index contributed by atoms with van der Waals surface area (Å²) in [5.74, 6) is -1.50. The fraction of sp³-hybridized carbons (Fsp3) is 0.0476. The van der Waals surface area contributed by atoms with E-state index in [2.05, 4.69) is 0 Å². The number of carboxylic acids is 1. The van der Waals surface area contributed by atoms with E-state index in [1.807, 2.05) is 0 Å². The van der Waals surface area contributed by atoms with Gasteiger partial charge in [0.25, 0.3) is 0 Å². The average Bonchev–Trinajstić information content (AvgIpc) is 2.59.